The molecule has 0 fully saturated rings. The molecule has 0 spiro atoms. The number of aryl methyl sites for hydroxylation is 1. The molecule has 5 nitrogen and oxygen atoms in total. The van der Waals surface area contributed by atoms with Gasteiger partial charge < -0.3 is 9.73 Å². The van der Waals surface area contributed by atoms with Gasteiger partial charge in [0.2, 0.25) is 0 Å². The summed E-state index contributed by atoms with van der Waals surface area (Å²) in [5, 5.41) is 7.46. The van der Waals surface area contributed by atoms with Crippen molar-refractivity contribution < 1.29 is 13.6 Å². The molecular weight excluding hydrogens is 369 g/mol. The molecular formula is C23H20FN3O2. The predicted molar refractivity (Wildman–Crippen MR) is 108 cm³/mol. The van der Waals surface area contributed by atoms with E-state index in [1.54, 1.807) is 18.2 Å². The molecule has 1 amide bonds. The molecule has 4 aromatic rings. The normalized spacial score (nSPS) is 10.8. The summed E-state index contributed by atoms with van der Waals surface area (Å²) in [4.78, 5) is 12.9. The Labute approximate surface area is 167 Å². The van der Waals surface area contributed by atoms with Crippen LogP contribution < -0.4 is 5.32 Å². The Morgan fingerprint density at radius 1 is 1.07 bits per heavy atom. The zero-order valence-corrected chi connectivity index (χ0v) is 15.9. The van der Waals surface area contributed by atoms with Crippen LogP contribution in [-0.4, -0.2) is 22.2 Å². The summed E-state index contributed by atoms with van der Waals surface area (Å²) in [5.41, 5.74) is 2.63. The van der Waals surface area contributed by atoms with Crippen LogP contribution >= 0.6 is 0 Å². The molecule has 1 N–H and O–H groups in total. The molecule has 29 heavy (non-hydrogen) atoms. The maximum Gasteiger partial charge on any atom is 0.270 e. The summed E-state index contributed by atoms with van der Waals surface area (Å²) in [6, 6.07) is 21.1. The van der Waals surface area contributed by atoms with Crippen molar-refractivity contribution in [3.05, 3.63) is 95.6 Å². The van der Waals surface area contributed by atoms with Gasteiger partial charge in [-0.2, -0.15) is 5.10 Å². The van der Waals surface area contributed by atoms with Crippen molar-refractivity contribution in [2.75, 3.05) is 6.54 Å². The monoisotopic (exact) mass is 389 g/mol. The molecule has 0 saturated carbocycles. The highest BCUT2D eigenvalue weighted by atomic mass is 19.1. The molecule has 0 aliphatic rings. The van der Waals surface area contributed by atoms with Crippen molar-refractivity contribution >= 4 is 5.91 Å². The first-order valence-electron chi connectivity index (χ1n) is 9.35. The Kier molecular flexibility index (Phi) is 5.24. The summed E-state index contributed by atoms with van der Waals surface area (Å²) in [6.07, 6.45) is 0.724. The van der Waals surface area contributed by atoms with Crippen molar-refractivity contribution in [1.82, 2.24) is 15.1 Å². The lowest BCUT2D eigenvalue weighted by Gasteiger charge is -2.08. The van der Waals surface area contributed by atoms with E-state index in [1.165, 1.54) is 16.8 Å². The fourth-order valence-electron chi connectivity index (χ4n) is 3.07. The first kappa shape index (κ1) is 18.7. The number of nitrogens with one attached hydrogen (secondary N) is 1. The first-order valence-corrected chi connectivity index (χ1v) is 9.35. The molecule has 4 rings (SSSR count). The fraction of sp³-hybridized carbons (Fsp3) is 0.130. The van der Waals surface area contributed by atoms with E-state index in [9.17, 15) is 9.18 Å². The van der Waals surface area contributed by atoms with Gasteiger partial charge in [-0.05, 0) is 55.3 Å². The third kappa shape index (κ3) is 4.27. The molecule has 2 aromatic carbocycles. The van der Waals surface area contributed by atoms with Crippen LogP contribution in [0.1, 0.15) is 21.8 Å². The van der Waals surface area contributed by atoms with Crippen molar-refractivity contribution in [2.24, 2.45) is 0 Å². The number of hydrogen-bond acceptors (Lipinski definition) is 3. The lowest BCUT2D eigenvalue weighted by molar-refractivity contribution is 0.0946. The quantitative estimate of drug-likeness (QED) is 0.526. The standard InChI is InChI=1S/C23H20FN3O2/c1-16-7-12-22(29-16)20-15-21(27(26-20)19-10-8-18(24)9-11-19)23(28)25-14-13-17-5-3-2-4-6-17/h2-12,15H,13-14H2,1H3,(H,25,28). The predicted octanol–water partition coefficient (Wildman–Crippen LogP) is 4.55. The average molecular weight is 389 g/mol. The largest absolute Gasteiger partial charge is 0.460 e. The summed E-state index contributed by atoms with van der Waals surface area (Å²) in [6.45, 7) is 2.34. The fourth-order valence-corrected chi connectivity index (χ4v) is 3.07. The summed E-state index contributed by atoms with van der Waals surface area (Å²) < 4.78 is 20.5. The zero-order valence-electron chi connectivity index (χ0n) is 15.9. The Morgan fingerprint density at radius 3 is 2.52 bits per heavy atom. The Hall–Kier alpha value is -3.67. The second-order valence-corrected chi connectivity index (χ2v) is 6.70. The molecule has 2 aromatic heterocycles. The minimum Gasteiger partial charge on any atom is -0.460 e. The third-order valence-electron chi connectivity index (χ3n) is 4.55. The number of carbonyl (C=O) groups is 1. The summed E-state index contributed by atoms with van der Waals surface area (Å²) in [7, 11) is 0. The third-order valence-corrected chi connectivity index (χ3v) is 4.55. The van der Waals surface area contributed by atoms with Crippen molar-refractivity contribution in [1.29, 1.82) is 0 Å². The highest BCUT2D eigenvalue weighted by Crippen LogP contribution is 2.24. The van der Waals surface area contributed by atoms with Crippen molar-refractivity contribution in [2.45, 2.75) is 13.3 Å². The molecule has 0 saturated heterocycles. The van der Waals surface area contributed by atoms with Gasteiger partial charge in [-0.25, -0.2) is 9.07 Å². The molecule has 2 heterocycles. The number of benzene rings is 2. The van der Waals surface area contributed by atoms with E-state index in [0.29, 0.717) is 29.4 Å². The van der Waals surface area contributed by atoms with Gasteiger partial charge in [-0.3, -0.25) is 4.79 Å². The van der Waals surface area contributed by atoms with Crippen LogP contribution in [0.5, 0.6) is 0 Å². The number of amides is 1. The molecule has 0 atom stereocenters. The van der Waals surface area contributed by atoms with Crippen LogP contribution in [0.4, 0.5) is 4.39 Å². The van der Waals surface area contributed by atoms with Gasteiger partial charge in [0.15, 0.2) is 5.76 Å². The number of aromatic nitrogens is 2. The lowest BCUT2D eigenvalue weighted by atomic mass is 10.1. The van der Waals surface area contributed by atoms with E-state index in [2.05, 4.69) is 10.4 Å². The number of nitrogens with zero attached hydrogens (tertiary/aromatic N) is 2. The molecule has 0 radical (unpaired) electrons. The van der Waals surface area contributed by atoms with Crippen LogP contribution in [0.25, 0.3) is 17.1 Å². The zero-order chi connectivity index (χ0) is 20.2. The molecule has 0 bridgehead atoms. The van der Waals surface area contributed by atoms with Gasteiger partial charge in [0.25, 0.3) is 5.91 Å². The van der Waals surface area contributed by atoms with Gasteiger partial charge in [0, 0.05) is 12.6 Å². The molecule has 146 valence electrons. The Bertz CT molecular complexity index is 1110. The van der Waals surface area contributed by atoms with Gasteiger partial charge in [0.1, 0.15) is 23.0 Å². The summed E-state index contributed by atoms with van der Waals surface area (Å²) in [5.74, 6) is 0.718. The lowest BCUT2D eigenvalue weighted by Crippen LogP contribution is -2.27. The van der Waals surface area contributed by atoms with Crippen LogP contribution in [0.15, 0.2) is 77.2 Å². The van der Waals surface area contributed by atoms with E-state index < -0.39 is 0 Å². The summed E-state index contributed by atoms with van der Waals surface area (Å²) >= 11 is 0. The smallest absolute Gasteiger partial charge is 0.270 e. The number of carbonyl (C=O) groups excluding carboxylic acids is 1. The van der Waals surface area contributed by atoms with E-state index in [4.69, 9.17) is 4.42 Å². The highest BCUT2D eigenvalue weighted by Gasteiger charge is 2.19. The second kappa shape index (κ2) is 8.14. The minimum absolute atomic E-state index is 0.257. The van der Waals surface area contributed by atoms with Crippen LogP contribution in [0, 0.1) is 12.7 Å². The minimum atomic E-state index is -0.350. The Morgan fingerprint density at radius 2 is 1.83 bits per heavy atom. The van der Waals surface area contributed by atoms with Gasteiger partial charge >= 0.3 is 0 Å². The van der Waals surface area contributed by atoms with E-state index in [-0.39, 0.29) is 11.7 Å². The van der Waals surface area contributed by atoms with E-state index in [0.717, 1.165) is 17.7 Å². The number of hydrogen-bond donors (Lipinski definition) is 1. The Balaban J connectivity index is 1.60. The molecule has 0 aliphatic heterocycles. The highest BCUT2D eigenvalue weighted by molar-refractivity contribution is 5.94. The van der Waals surface area contributed by atoms with Crippen LogP contribution in [-0.2, 0) is 6.42 Å². The molecule has 6 heteroatoms. The van der Waals surface area contributed by atoms with Crippen LogP contribution in [0.2, 0.25) is 0 Å². The topological polar surface area (TPSA) is 60.1 Å². The number of furan rings is 1. The van der Waals surface area contributed by atoms with E-state index >= 15 is 0 Å². The van der Waals surface area contributed by atoms with Crippen molar-refractivity contribution in [3.8, 4) is 17.1 Å². The van der Waals surface area contributed by atoms with Gasteiger partial charge in [-0.1, -0.05) is 30.3 Å². The van der Waals surface area contributed by atoms with Crippen LogP contribution in [0.3, 0.4) is 0 Å². The number of halogens is 1. The molecule has 0 aliphatic carbocycles. The first-order chi connectivity index (χ1) is 14.1. The maximum atomic E-state index is 13.3. The average Bonchev–Trinajstić information content (AvgIpc) is 3.36. The maximum absolute atomic E-state index is 13.3. The van der Waals surface area contributed by atoms with Gasteiger partial charge in [0.05, 0.1) is 5.69 Å². The SMILES string of the molecule is Cc1ccc(-c2cc(C(=O)NCCc3ccccc3)n(-c3ccc(F)cc3)n2)o1. The van der Waals surface area contributed by atoms with Gasteiger partial charge in [-0.15, -0.1) is 0 Å². The number of rotatable bonds is 6. The van der Waals surface area contributed by atoms with E-state index in [1.807, 2.05) is 49.4 Å². The van der Waals surface area contributed by atoms with Crippen molar-refractivity contribution in [3.63, 3.8) is 0 Å². The molecule has 0 unspecified atom stereocenters. The second-order valence-electron chi connectivity index (χ2n) is 6.70.